The summed E-state index contributed by atoms with van der Waals surface area (Å²) in [6.45, 7) is 6.33. The van der Waals surface area contributed by atoms with Gasteiger partial charge in [-0.2, -0.15) is 0 Å². The minimum absolute atomic E-state index is 0.000452. The first-order chi connectivity index (χ1) is 29.0. The molecule has 3 N–H and O–H groups in total. The first-order valence-corrected chi connectivity index (χ1v) is 25.0. The minimum Gasteiger partial charge on any atom is -0.461 e. The lowest BCUT2D eigenvalue weighted by Crippen LogP contribution is -2.46. The molecule has 0 aliphatic carbocycles. The summed E-state index contributed by atoms with van der Waals surface area (Å²) in [6.07, 6.45) is 57.2. The lowest BCUT2D eigenvalue weighted by molar-refractivity contribution is -0.150. The molecule has 0 aromatic rings. The average Bonchev–Trinajstić information content (AvgIpc) is 3.23. The first kappa shape index (κ1) is 56.6. The molecule has 0 spiro atoms. The van der Waals surface area contributed by atoms with E-state index in [1.54, 1.807) is 0 Å². The number of amides is 1. The van der Waals surface area contributed by atoms with Crippen LogP contribution in [-0.2, 0) is 14.3 Å². The van der Waals surface area contributed by atoms with Crippen molar-refractivity contribution in [2.45, 2.75) is 257 Å². The maximum Gasteiger partial charge on any atom is 0.306 e. The molecule has 6 nitrogen and oxygen atoms in total. The fraction of sp³-hybridized carbons (Fsp3) is 0.774. The van der Waals surface area contributed by atoms with Gasteiger partial charge in [-0.05, 0) is 44.9 Å². The Kier molecular flexibility index (Phi) is 44.7. The third-order valence-electron chi connectivity index (χ3n) is 11.1. The van der Waals surface area contributed by atoms with Crippen LogP contribution >= 0.6 is 0 Å². The molecule has 3 atom stereocenters. The second-order valence-corrected chi connectivity index (χ2v) is 16.9. The van der Waals surface area contributed by atoms with Gasteiger partial charge in [0.1, 0.15) is 6.10 Å². The van der Waals surface area contributed by atoms with E-state index in [-0.39, 0.29) is 24.9 Å². The number of allylic oxidation sites excluding steroid dienone is 9. The summed E-state index contributed by atoms with van der Waals surface area (Å²) in [6, 6.07) is -0.730. The fourth-order valence-electron chi connectivity index (χ4n) is 7.34. The Morgan fingerprint density at radius 2 is 0.881 bits per heavy atom. The second kappa shape index (κ2) is 46.6. The highest BCUT2D eigenvalue weighted by atomic mass is 16.5. The zero-order valence-corrected chi connectivity index (χ0v) is 38.9. The second-order valence-electron chi connectivity index (χ2n) is 16.9. The summed E-state index contributed by atoms with van der Waals surface area (Å²) in [5.74, 6) is -0.576. The molecule has 0 rings (SSSR count). The van der Waals surface area contributed by atoms with E-state index >= 15 is 0 Å². The third kappa shape index (κ3) is 42.1. The molecule has 342 valence electrons. The van der Waals surface area contributed by atoms with Crippen LogP contribution in [0.25, 0.3) is 0 Å². The molecule has 6 heteroatoms. The van der Waals surface area contributed by atoms with Crippen LogP contribution in [0.15, 0.2) is 60.8 Å². The van der Waals surface area contributed by atoms with Crippen LogP contribution in [0.4, 0.5) is 0 Å². The van der Waals surface area contributed by atoms with Crippen molar-refractivity contribution in [1.29, 1.82) is 0 Å². The molecule has 0 saturated carbocycles. The normalized spacial score (nSPS) is 13.8. The van der Waals surface area contributed by atoms with E-state index in [0.717, 1.165) is 70.6 Å². The van der Waals surface area contributed by atoms with Crippen molar-refractivity contribution in [1.82, 2.24) is 5.32 Å². The number of hydrogen-bond donors (Lipinski definition) is 3. The van der Waals surface area contributed by atoms with Gasteiger partial charge in [0.05, 0.1) is 25.2 Å². The predicted molar refractivity (Wildman–Crippen MR) is 255 cm³/mol. The van der Waals surface area contributed by atoms with Gasteiger partial charge in [-0.25, -0.2) is 0 Å². The molecule has 1 amide bonds. The van der Waals surface area contributed by atoms with Crippen molar-refractivity contribution in [3.63, 3.8) is 0 Å². The summed E-state index contributed by atoms with van der Waals surface area (Å²) in [4.78, 5) is 26.1. The first-order valence-electron chi connectivity index (χ1n) is 25.0. The van der Waals surface area contributed by atoms with Gasteiger partial charge in [0, 0.05) is 12.8 Å². The van der Waals surface area contributed by atoms with Crippen LogP contribution in [0, 0.1) is 0 Å². The SMILES string of the molecule is CC/C=C\C/C=C\C/C=C\C/C=C\C/C=C\CC(CC(=O)NC(CO)C(O)CCCCCCCCCCCCC)OC(=O)CCCCCCCCCCCCCCCC. The van der Waals surface area contributed by atoms with E-state index in [2.05, 4.69) is 74.7 Å². The number of unbranched alkanes of at least 4 members (excludes halogenated alkanes) is 23. The Morgan fingerprint density at radius 3 is 1.29 bits per heavy atom. The van der Waals surface area contributed by atoms with Crippen LogP contribution in [0.3, 0.4) is 0 Å². The smallest absolute Gasteiger partial charge is 0.306 e. The number of ether oxygens (including phenoxy) is 1. The Bertz CT molecular complexity index is 1060. The average molecular weight is 826 g/mol. The van der Waals surface area contributed by atoms with Gasteiger partial charge in [0.15, 0.2) is 0 Å². The van der Waals surface area contributed by atoms with Crippen molar-refractivity contribution in [2.24, 2.45) is 0 Å². The molecule has 0 radical (unpaired) electrons. The van der Waals surface area contributed by atoms with Gasteiger partial charge in [-0.1, -0.05) is 236 Å². The van der Waals surface area contributed by atoms with E-state index in [1.165, 1.54) is 122 Å². The van der Waals surface area contributed by atoms with E-state index in [9.17, 15) is 19.8 Å². The Balaban J connectivity index is 4.73. The highest BCUT2D eigenvalue weighted by Gasteiger charge is 2.23. The van der Waals surface area contributed by atoms with Crippen molar-refractivity contribution in [3.8, 4) is 0 Å². The summed E-state index contributed by atoms with van der Waals surface area (Å²) in [7, 11) is 0. The van der Waals surface area contributed by atoms with Crippen LogP contribution in [0.5, 0.6) is 0 Å². The van der Waals surface area contributed by atoms with Crippen molar-refractivity contribution in [2.75, 3.05) is 6.61 Å². The Hall–Kier alpha value is -2.44. The summed E-state index contributed by atoms with van der Waals surface area (Å²) in [5.41, 5.74) is 0. The largest absolute Gasteiger partial charge is 0.461 e. The van der Waals surface area contributed by atoms with Gasteiger partial charge >= 0.3 is 5.97 Å². The van der Waals surface area contributed by atoms with Crippen LogP contribution in [0.1, 0.15) is 239 Å². The summed E-state index contributed by atoms with van der Waals surface area (Å²) >= 11 is 0. The van der Waals surface area contributed by atoms with E-state index in [4.69, 9.17) is 4.74 Å². The van der Waals surface area contributed by atoms with E-state index < -0.39 is 18.2 Å². The van der Waals surface area contributed by atoms with Crippen LogP contribution in [0.2, 0.25) is 0 Å². The van der Waals surface area contributed by atoms with Crippen LogP contribution in [-0.4, -0.2) is 46.9 Å². The lowest BCUT2D eigenvalue weighted by atomic mass is 10.0. The highest BCUT2D eigenvalue weighted by molar-refractivity contribution is 5.77. The molecule has 0 saturated heterocycles. The highest BCUT2D eigenvalue weighted by Crippen LogP contribution is 2.16. The number of carbonyl (C=O) groups is 2. The van der Waals surface area contributed by atoms with Crippen molar-refractivity contribution in [3.05, 3.63) is 60.8 Å². The fourth-order valence-corrected chi connectivity index (χ4v) is 7.34. The zero-order chi connectivity index (χ0) is 43.1. The number of nitrogens with one attached hydrogen (secondary N) is 1. The molecule has 0 bridgehead atoms. The monoisotopic (exact) mass is 826 g/mol. The van der Waals surface area contributed by atoms with E-state index in [1.807, 2.05) is 12.2 Å². The number of aliphatic hydroxyl groups is 2. The molecule has 3 unspecified atom stereocenters. The third-order valence-corrected chi connectivity index (χ3v) is 11.1. The van der Waals surface area contributed by atoms with Gasteiger partial charge in [0.2, 0.25) is 5.91 Å². The van der Waals surface area contributed by atoms with Gasteiger partial charge < -0.3 is 20.3 Å². The molecular weight excluding hydrogens is 731 g/mol. The molecule has 0 aromatic carbocycles. The minimum atomic E-state index is -0.810. The number of rotatable bonds is 44. The number of hydrogen-bond acceptors (Lipinski definition) is 5. The topological polar surface area (TPSA) is 95.9 Å². The molecular formula is C53H95NO5. The van der Waals surface area contributed by atoms with Crippen LogP contribution < -0.4 is 5.32 Å². The standard InChI is InChI=1S/C53H95NO5/c1-4-7-10-13-16-19-22-24-26-27-30-32-35-38-41-44-49(59-53(58)46-43-40-37-34-31-28-25-23-20-17-14-11-8-5-2)47-52(57)54-50(48-55)51(56)45-42-39-36-33-29-21-18-15-12-9-6-3/h7,10,16,19,24,26,30,32,38,41,49-51,55-56H,4-6,8-9,11-15,17-18,20-23,25,27-29,31,33-37,39-40,42-48H2,1-3H3,(H,54,57)/b10-7-,19-16-,26-24-,32-30-,41-38-. The Morgan fingerprint density at radius 1 is 0.508 bits per heavy atom. The molecule has 0 aliphatic heterocycles. The molecule has 0 aliphatic rings. The van der Waals surface area contributed by atoms with Crippen molar-refractivity contribution < 1.29 is 24.5 Å². The predicted octanol–water partition coefficient (Wildman–Crippen LogP) is 14.8. The van der Waals surface area contributed by atoms with Gasteiger partial charge in [-0.15, -0.1) is 0 Å². The zero-order valence-electron chi connectivity index (χ0n) is 38.9. The Labute approximate surface area is 365 Å². The molecule has 0 heterocycles. The molecule has 59 heavy (non-hydrogen) atoms. The van der Waals surface area contributed by atoms with E-state index in [0.29, 0.717) is 19.3 Å². The maximum atomic E-state index is 13.2. The van der Waals surface area contributed by atoms with Gasteiger partial charge in [-0.3, -0.25) is 9.59 Å². The number of aliphatic hydroxyl groups excluding tert-OH is 2. The lowest BCUT2D eigenvalue weighted by Gasteiger charge is -2.24. The number of esters is 1. The number of carbonyl (C=O) groups excluding carboxylic acids is 2. The molecule has 0 aromatic heterocycles. The molecule has 0 fully saturated rings. The van der Waals surface area contributed by atoms with Gasteiger partial charge in [0.25, 0.3) is 0 Å². The van der Waals surface area contributed by atoms with Crippen molar-refractivity contribution >= 4 is 11.9 Å². The maximum absolute atomic E-state index is 13.2. The summed E-state index contributed by atoms with van der Waals surface area (Å²) < 4.78 is 5.86. The summed E-state index contributed by atoms with van der Waals surface area (Å²) in [5, 5.41) is 23.7. The quantitative estimate of drug-likeness (QED) is 0.0323.